The highest BCUT2D eigenvalue weighted by Gasteiger charge is 2.10. The third-order valence-electron chi connectivity index (χ3n) is 3.44. The maximum absolute atomic E-state index is 4.26. The number of aromatic nitrogens is 1. The molecule has 0 unspecified atom stereocenters. The molecule has 1 aromatic heterocycles. The van der Waals surface area contributed by atoms with Crippen LogP contribution in [0.2, 0.25) is 0 Å². The summed E-state index contributed by atoms with van der Waals surface area (Å²) in [4.78, 5) is 8.49. The Balaban J connectivity index is 1.52. The summed E-state index contributed by atoms with van der Waals surface area (Å²) in [6.07, 6.45) is 10.6. The van der Waals surface area contributed by atoms with Crippen LogP contribution >= 0.6 is 0 Å². The summed E-state index contributed by atoms with van der Waals surface area (Å²) in [7, 11) is 1.82. The fourth-order valence-corrected chi connectivity index (χ4v) is 2.26. The minimum Gasteiger partial charge on any atom is -0.370 e. The topological polar surface area (TPSA) is 61.3 Å². The van der Waals surface area contributed by atoms with Crippen LogP contribution in [0.25, 0.3) is 0 Å². The maximum atomic E-state index is 4.26. The predicted octanol–water partition coefficient (Wildman–Crippen LogP) is 2.16. The SMILES string of the molecule is CN=C(NCCCCNc1ccccn1)NC1CC=CC1. The molecule has 0 aliphatic heterocycles. The molecule has 0 spiro atoms. The Hall–Kier alpha value is -2.04. The van der Waals surface area contributed by atoms with E-state index in [4.69, 9.17) is 0 Å². The molecule has 0 aromatic carbocycles. The molecule has 1 heterocycles. The van der Waals surface area contributed by atoms with E-state index in [0.29, 0.717) is 6.04 Å². The highest BCUT2D eigenvalue weighted by atomic mass is 15.2. The van der Waals surface area contributed by atoms with Crippen molar-refractivity contribution in [1.29, 1.82) is 0 Å². The summed E-state index contributed by atoms with van der Waals surface area (Å²) in [6.45, 7) is 1.88. The summed E-state index contributed by atoms with van der Waals surface area (Å²) in [5, 5.41) is 10.1. The second-order valence-electron chi connectivity index (χ2n) is 5.13. The van der Waals surface area contributed by atoms with Crippen molar-refractivity contribution in [3.63, 3.8) is 0 Å². The van der Waals surface area contributed by atoms with E-state index in [1.165, 1.54) is 0 Å². The van der Waals surface area contributed by atoms with Crippen molar-refractivity contribution in [2.24, 2.45) is 4.99 Å². The van der Waals surface area contributed by atoms with Gasteiger partial charge in [-0.3, -0.25) is 4.99 Å². The minimum absolute atomic E-state index is 0.502. The lowest BCUT2D eigenvalue weighted by atomic mass is 10.2. The van der Waals surface area contributed by atoms with Gasteiger partial charge in [0, 0.05) is 32.4 Å². The molecule has 0 fully saturated rings. The van der Waals surface area contributed by atoms with Crippen molar-refractivity contribution in [1.82, 2.24) is 15.6 Å². The largest absolute Gasteiger partial charge is 0.370 e. The van der Waals surface area contributed by atoms with Gasteiger partial charge in [0.1, 0.15) is 5.82 Å². The van der Waals surface area contributed by atoms with Gasteiger partial charge in [0.15, 0.2) is 5.96 Å². The van der Waals surface area contributed by atoms with Gasteiger partial charge in [-0.1, -0.05) is 18.2 Å². The third kappa shape index (κ3) is 5.85. The van der Waals surface area contributed by atoms with E-state index in [1.54, 1.807) is 6.20 Å². The Morgan fingerprint density at radius 2 is 2.05 bits per heavy atom. The summed E-state index contributed by atoms with van der Waals surface area (Å²) < 4.78 is 0. The number of aliphatic imine (C=N–C) groups is 1. The molecule has 1 aliphatic rings. The molecule has 5 nitrogen and oxygen atoms in total. The van der Waals surface area contributed by atoms with E-state index in [-0.39, 0.29) is 0 Å². The number of hydrogen-bond acceptors (Lipinski definition) is 3. The molecule has 0 amide bonds. The number of guanidine groups is 1. The Bertz CT molecular complexity index is 447. The van der Waals surface area contributed by atoms with Gasteiger partial charge in [0.25, 0.3) is 0 Å². The van der Waals surface area contributed by atoms with Gasteiger partial charge in [-0.25, -0.2) is 4.98 Å². The lowest BCUT2D eigenvalue weighted by Crippen LogP contribution is -2.42. The molecule has 3 N–H and O–H groups in total. The Morgan fingerprint density at radius 3 is 2.76 bits per heavy atom. The van der Waals surface area contributed by atoms with Gasteiger partial charge < -0.3 is 16.0 Å². The second kappa shape index (κ2) is 9.00. The summed E-state index contributed by atoms with van der Waals surface area (Å²) >= 11 is 0. The zero-order valence-electron chi connectivity index (χ0n) is 12.7. The van der Waals surface area contributed by atoms with Gasteiger partial charge in [0.2, 0.25) is 0 Å². The van der Waals surface area contributed by atoms with E-state index in [0.717, 1.165) is 50.6 Å². The molecule has 2 rings (SSSR count). The molecule has 114 valence electrons. The number of nitrogens with zero attached hydrogens (tertiary/aromatic N) is 2. The van der Waals surface area contributed by atoms with Crippen LogP contribution in [0, 0.1) is 0 Å². The van der Waals surface area contributed by atoms with E-state index < -0.39 is 0 Å². The van der Waals surface area contributed by atoms with Crippen molar-refractivity contribution in [2.75, 3.05) is 25.5 Å². The predicted molar refractivity (Wildman–Crippen MR) is 88.6 cm³/mol. The molecule has 5 heteroatoms. The van der Waals surface area contributed by atoms with E-state index in [9.17, 15) is 0 Å². The fourth-order valence-electron chi connectivity index (χ4n) is 2.26. The van der Waals surface area contributed by atoms with Crippen molar-refractivity contribution in [2.45, 2.75) is 31.7 Å². The molecular weight excluding hydrogens is 262 g/mol. The Kier molecular flexibility index (Phi) is 6.58. The Morgan fingerprint density at radius 1 is 1.24 bits per heavy atom. The number of hydrogen-bond donors (Lipinski definition) is 3. The van der Waals surface area contributed by atoms with Crippen molar-refractivity contribution < 1.29 is 0 Å². The first-order valence-electron chi connectivity index (χ1n) is 7.65. The highest BCUT2D eigenvalue weighted by Crippen LogP contribution is 2.08. The van der Waals surface area contributed by atoms with Crippen LogP contribution in [0.4, 0.5) is 5.82 Å². The van der Waals surface area contributed by atoms with Crippen molar-refractivity contribution in [3.05, 3.63) is 36.5 Å². The maximum Gasteiger partial charge on any atom is 0.191 e. The first-order valence-corrected chi connectivity index (χ1v) is 7.65. The van der Waals surface area contributed by atoms with E-state index in [1.807, 2.05) is 25.2 Å². The summed E-state index contributed by atoms with van der Waals surface area (Å²) in [5.74, 6) is 1.85. The van der Waals surface area contributed by atoms with Crippen LogP contribution in [0.3, 0.4) is 0 Å². The molecule has 21 heavy (non-hydrogen) atoms. The standard InChI is InChI=1S/C16H25N5/c1-17-16(21-14-8-2-3-9-14)20-13-7-6-12-19-15-10-4-5-11-18-15/h2-5,10-11,14H,6-9,12-13H2,1H3,(H,18,19)(H2,17,20,21). The summed E-state index contributed by atoms with van der Waals surface area (Å²) in [5.41, 5.74) is 0. The molecule has 1 aliphatic carbocycles. The first-order chi connectivity index (χ1) is 10.4. The molecule has 0 saturated carbocycles. The van der Waals surface area contributed by atoms with Crippen molar-refractivity contribution >= 4 is 11.8 Å². The zero-order valence-corrected chi connectivity index (χ0v) is 12.7. The van der Waals surface area contributed by atoms with Crippen LogP contribution in [-0.2, 0) is 0 Å². The van der Waals surface area contributed by atoms with Crippen LogP contribution in [0.1, 0.15) is 25.7 Å². The average molecular weight is 287 g/mol. The number of anilines is 1. The number of unbranched alkanes of at least 4 members (excludes halogenated alkanes) is 1. The molecular formula is C16H25N5. The normalized spacial score (nSPS) is 15.2. The van der Waals surface area contributed by atoms with E-state index >= 15 is 0 Å². The van der Waals surface area contributed by atoms with Gasteiger partial charge in [-0.2, -0.15) is 0 Å². The Labute approximate surface area is 127 Å². The van der Waals surface area contributed by atoms with Crippen LogP contribution in [0.15, 0.2) is 41.5 Å². The van der Waals surface area contributed by atoms with E-state index in [2.05, 4.69) is 38.1 Å². The monoisotopic (exact) mass is 287 g/mol. The molecule has 0 saturated heterocycles. The van der Waals surface area contributed by atoms with Crippen LogP contribution in [0.5, 0.6) is 0 Å². The van der Waals surface area contributed by atoms with Crippen molar-refractivity contribution in [3.8, 4) is 0 Å². The zero-order chi connectivity index (χ0) is 14.8. The quantitative estimate of drug-likeness (QED) is 0.311. The van der Waals surface area contributed by atoms with Gasteiger partial charge >= 0.3 is 0 Å². The number of nitrogens with one attached hydrogen (secondary N) is 3. The summed E-state index contributed by atoms with van der Waals surface area (Å²) in [6, 6.07) is 6.40. The molecule has 1 aromatic rings. The lowest BCUT2D eigenvalue weighted by Gasteiger charge is -2.16. The highest BCUT2D eigenvalue weighted by molar-refractivity contribution is 5.80. The smallest absolute Gasteiger partial charge is 0.191 e. The minimum atomic E-state index is 0.502. The molecule has 0 radical (unpaired) electrons. The molecule has 0 atom stereocenters. The van der Waals surface area contributed by atoms with Gasteiger partial charge in [-0.05, 0) is 37.8 Å². The van der Waals surface area contributed by atoms with Crippen LogP contribution in [-0.4, -0.2) is 37.1 Å². The lowest BCUT2D eigenvalue weighted by molar-refractivity contribution is 0.626. The first kappa shape index (κ1) is 15.4. The third-order valence-corrected chi connectivity index (χ3v) is 3.44. The second-order valence-corrected chi connectivity index (χ2v) is 5.13. The average Bonchev–Trinajstić information content (AvgIpc) is 3.03. The van der Waals surface area contributed by atoms with Crippen LogP contribution < -0.4 is 16.0 Å². The number of rotatable bonds is 7. The number of pyridine rings is 1. The molecule has 0 bridgehead atoms. The fraction of sp³-hybridized carbons (Fsp3) is 0.500. The van der Waals surface area contributed by atoms with Gasteiger partial charge in [-0.15, -0.1) is 0 Å². The van der Waals surface area contributed by atoms with Gasteiger partial charge in [0.05, 0.1) is 0 Å².